The van der Waals surface area contributed by atoms with Gasteiger partial charge in [-0.2, -0.15) is 0 Å². The molecule has 2 fully saturated rings. The summed E-state index contributed by atoms with van der Waals surface area (Å²) in [6.45, 7) is 22.9. The Bertz CT molecular complexity index is 396. The highest BCUT2D eigenvalue weighted by Gasteiger charge is 2.50. The van der Waals surface area contributed by atoms with Gasteiger partial charge in [-0.1, -0.05) is 57.4 Å². The van der Waals surface area contributed by atoms with Gasteiger partial charge in [0.25, 0.3) is 0 Å². The van der Waals surface area contributed by atoms with Crippen molar-refractivity contribution >= 4 is 0 Å². The van der Waals surface area contributed by atoms with Gasteiger partial charge in [-0.05, 0) is 70.1 Å². The molecule has 0 N–H and O–H groups in total. The van der Waals surface area contributed by atoms with E-state index >= 15 is 0 Å². The highest BCUT2D eigenvalue weighted by molar-refractivity contribution is 5.17. The molecule has 0 bridgehead atoms. The van der Waals surface area contributed by atoms with Crippen molar-refractivity contribution in [2.45, 2.75) is 86.5 Å². The van der Waals surface area contributed by atoms with Crippen LogP contribution in [0.15, 0.2) is 37.0 Å². The highest BCUT2D eigenvalue weighted by atomic mass is 14.6. The zero-order valence-electron chi connectivity index (χ0n) is 17.4. The number of hydrogen-bond donors (Lipinski definition) is 0. The first kappa shape index (κ1) is 25.0. The summed E-state index contributed by atoms with van der Waals surface area (Å²) in [7, 11) is 0. The third kappa shape index (κ3) is 8.58. The van der Waals surface area contributed by atoms with E-state index in [4.69, 9.17) is 0 Å². The maximum atomic E-state index is 4.60. The van der Waals surface area contributed by atoms with E-state index < -0.39 is 0 Å². The standard InChI is InChI=1S/C17H28.C3H4.C2H6.C2H4/c1-13(2)8-9-14(3)15(4)16-7-5-6-10-17(16)11-12-17;1-3-2;2*1-2/h8,14,16H,4-7,9-12H2,1-3H3;1H,2H3;1-2H3;1-2H2. The van der Waals surface area contributed by atoms with Gasteiger partial charge in [-0.15, -0.1) is 25.5 Å². The summed E-state index contributed by atoms with van der Waals surface area (Å²) in [6, 6.07) is 0. The van der Waals surface area contributed by atoms with E-state index in [-0.39, 0.29) is 0 Å². The average molecular weight is 331 g/mol. The van der Waals surface area contributed by atoms with Crippen LogP contribution in [0.2, 0.25) is 0 Å². The van der Waals surface area contributed by atoms with Gasteiger partial charge in [0.15, 0.2) is 0 Å². The molecule has 138 valence electrons. The van der Waals surface area contributed by atoms with Crippen LogP contribution in [0.4, 0.5) is 0 Å². The molecule has 0 aromatic carbocycles. The molecule has 0 amide bonds. The van der Waals surface area contributed by atoms with Gasteiger partial charge in [0, 0.05) is 0 Å². The van der Waals surface area contributed by atoms with Crippen molar-refractivity contribution in [1.82, 2.24) is 0 Å². The van der Waals surface area contributed by atoms with Crippen LogP contribution in [-0.2, 0) is 0 Å². The molecule has 2 unspecified atom stereocenters. The molecule has 0 heteroatoms. The molecule has 0 radical (unpaired) electrons. The lowest BCUT2D eigenvalue weighted by molar-refractivity contribution is 0.235. The fourth-order valence-corrected chi connectivity index (χ4v) is 3.55. The predicted molar refractivity (Wildman–Crippen MR) is 113 cm³/mol. The Morgan fingerprint density at radius 1 is 1.21 bits per heavy atom. The Morgan fingerprint density at radius 2 is 1.71 bits per heavy atom. The first-order chi connectivity index (χ1) is 11.5. The number of terminal acetylenes is 1. The topological polar surface area (TPSA) is 0 Å². The van der Waals surface area contributed by atoms with Crippen molar-refractivity contribution in [2.75, 3.05) is 0 Å². The molecule has 2 atom stereocenters. The minimum Gasteiger partial charge on any atom is -0.120 e. The van der Waals surface area contributed by atoms with Gasteiger partial charge in [0.05, 0.1) is 0 Å². The summed E-state index contributed by atoms with van der Waals surface area (Å²) >= 11 is 0. The Hall–Kier alpha value is -1.22. The van der Waals surface area contributed by atoms with Crippen molar-refractivity contribution in [2.24, 2.45) is 17.3 Å². The minimum absolute atomic E-state index is 0.672. The first-order valence-electron chi connectivity index (χ1n) is 9.66. The number of hydrogen-bond acceptors (Lipinski definition) is 0. The van der Waals surface area contributed by atoms with Crippen molar-refractivity contribution in [1.29, 1.82) is 0 Å². The van der Waals surface area contributed by atoms with E-state index in [0.29, 0.717) is 11.3 Å². The first-order valence-corrected chi connectivity index (χ1v) is 9.66. The van der Waals surface area contributed by atoms with Gasteiger partial charge < -0.3 is 0 Å². The zero-order valence-corrected chi connectivity index (χ0v) is 17.4. The predicted octanol–water partition coefficient (Wildman–Crippen LogP) is 7.97. The molecule has 2 aliphatic rings. The third-order valence-electron chi connectivity index (χ3n) is 5.01. The second kappa shape index (κ2) is 14.2. The van der Waals surface area contributed by atoms with E-state index in [9.17, 15) is 0 Å². The summed E-state index contributed by atoms with van der Waals surface area (Å²) in [5.41, 5.74) is 3.71. The Morgan fingerprint density at radius 3 is 2.12 bits per heavy atom. The van der Waals surface area contributed by atoms with Crippen LogP contribution in [0, 0.1) is 29.6 Å². The van der Waals surface area contributed by atoms with Crippen molar-refractivity contribution in [3.8, 4) is 12.3 Å². The van der Waals surface area contributed by atoms with Crippen LogP contribution < -0.4 is 0 Å². The van der Waals surface area contributed by atoms with Gasteiger partial charge in [0.1, 0.15) is 0 Å². The molecule has 2 saturated carbocycles. The summed E-state index contributed by atoms with van der Waals surface area (Å²) in [6.07, 6.45) is 16.9. The molecule has 2 aliphatic carbocycles. The maximum Gasteiger partial charge on any atom is -0.00297 e. The third-order valence-corrected chi connectivity index (χ3v) is 5.01. The fourth-order valence-electron chi connectivity index (χ4n) is 3.55. The second-order valence-electron chi connectivity index (χ2n) is 6.94. The van der Waals surface area contributed by atoms with Gasteiger partial charge in [-0.3, -0.25) is 0 Å². The second-order valence-corrected chi connectivity index (χ2v) is 6.94. The highest BCUT2D eigenvalue weighted by Crippen LogP contribution is 2.62. The van der Waals surface area contributed by atoms with Crippen LogP contribution in [-0.4, -0.2) is 0 Å². The Kier molecular flexibility index (Phi) is 14.8. The molecular formula is C24H42. The van der Waals surface area contributed by atoms with Gasteiger partial charge >= 0.3 is 0 Å². The summed E-state index contributed by atoms with van der Waals surface area (Å²) < 4.78 is 0. The van der Waals surface area contributed by atoms with Crippen molar-refractivity contribution < 1.29 is 0 Å². The van der Waals surface area contributed by atoms with E-state index in [1.165, 1.54) is 50.5 Å². The van der Waals surface area contributed by atoms with Gasteiger partial charge in [0.2, 0.25) is 0 Å². The largest absolute Gasteiger partial charge is 0.120 e. The van der Waals surface area contributed by atoms with Gasteiger partial charge in [-0.25, -0.2) is 0 Å². The van der Waals surface area contributed by atoms with Crippen LogP contribution in [0.25, 0.3) is 0 Å². The normalized spacial score (nSPS) is 20.3. The van der Waals surface area contributed by atoms with Crippen molar-refractivity contribution in [3.63, 3.8) is 0 Å². The quantitative estimate of drug-likeness (QED) is 0.362. The monoisotopic (exact) mass is 330 g/mol. The van der Waals surface area contributed by atoms with E-state index in [1.54, 1.807) is 12.5 Å². The van der Waals surface area contributed by atoms with Crippen LogP contribution in [0.5, 0.6) is 0 Å². The lowest BCUT2D eigenvalue weighted by Crippen LogP contribution is -2.24. The van der Waals surface area contributed by atoms with E-state index in [1.807, 2.05) is 13.8 Å². The summed E-state index contributed by atoms with van der Waals surface area (Å²) in [5, 5.41) is 0. The van der Waals surface area contributed by atoms with Crippen molar-refractivity contribution in [3.05, 3.63) is 37.0 Å². The molecule has 0 aliphatic heterocycles. The molecule has 0 saturated heterocycles. The molecular weight excluding hydrogens is 288 g/mol. The minimum atomic E-state index is 0.672. The SMILES string of the molecule is C#CC.C=C.C=C(C(C)CC=C(C)C)C1CCCCC12CC2.CC. The van der Waals surface area contributed by atoms with E-state index in [0.717, 1.165) is 5.92 Å². The molecule has 2 rings (SSSR count). The molecule has 0 nitrogen and oxygen atoms in total. The lowest BCUT2D eigenvalue weighted by Gasteiger charge is -2.35. The average Bonchev–Trinajstić information content (AvgIpc) is 3.36. The fraction of sp³-hybridized carbons (Fsp3) is 0.667. The molecule has 0 aromatic heterocycles. The summed E-state index contributed by atoms with van der Waals surface area (Å²) in [4.78, 5) is 0. The lowest BCUT2D eigenvalue weighted by atomic mass is 9.70. The van der Waals surface area contributed by atoms with Crippen LogP contribution in [0.1, 0.15) is 86.5 Å². The molecule has 1 spiro atoms. The van der Waals surface area contributed by atoms with Crippen LogP contribution in [0.3, 0.4) is 0 Å². The molecule has 24 heavy (non-hydrogen) atoms. The zero-order chi connectivity index (χ0) is 19.2. The van der Waals surface area contributed by atoms with E-state index in [2.05, 4.69) is 58.9 Å². The van der Waals surface area contributed by atoms with Crippen LogP contribution >= 0.6 is 0 Å². The molecule has 0 heterocycles. The Balaban J connectivity index is 0. The summed E-state index contributed by atoms with van der Waals surface area (Å²) in [5.74, 6) is 3.77. The smallest absolute Gasteiger partial charge is 0.00297 e. The molecule has 0 aromatic rings. The Labute approximate surface area is 153 Å². The number of allylic oxidation sites excluding steroid dienone is 3. The number of rotatable bonds is 4. The maximum absolute atomic E-state index is 4.60.